The Morgan fingerprint density at radius 1 is 1.00 bits per heavy atom. The van der Waals surface area contributed by atoms with Gasteiger partial charge in [0.15, 0.2) is 0 Å². The highest BCUT2D eigenvalue weighted by Crippen LogP contribution is 2.57. The van der Waals surface area contributed by atoms with Gasteiger partial charge in [0.05, 0.1) is 24.7 Å². The molecule has 1 heterocycles. The van der Waals surface area contributed by atoms with Crippen molar-refractivity contribution in [1.29, 1.82) is 0 Å². The molecular formula is C16H23N3O. The fourth-order valence-corrected chi connectivity index (χ4v) is 5.20. The second-order valence-corrected chi connectivity index (χ2v) is 7.03. The summed E-state index contributed by atoms with van der Waals surface area (Å²) in [5, 5.41) is 0. The predicted molar refractivity (Wildman–Crippen MR) is 77.1 cm³/mol. The van der Waals surface area contributed by atoms with Crippen LogP contribution in [0.3, 0.4) is 0 Å². The molecule has 1 aromatic rings. The summed E-state index contributed by atoms with van der Waals surface area (Å²) in [4.78, 5) is 8.19. The van der Waals surface area contributed by atoms with Crippen LogP contribution in [-0.4, -0.2) is 16.6 Å². The first kappa shape index (κ1) is 12.4. The molecule has 20 heavy (non-hydrogen) atoms. The smallest absolute Gasteiger partial charge is 0.316 e. The fourth-order valence-electron chi connectivity index (χ4n) is 5.20. The lowest BCUT2D eigenvalue weighted by Crippen LogP contribution is -2.45. The average Bonchev–Trinajstić information content (AvgIpc) is 2.43. The highest BCUT2D eigenvalue weighted by Gasteiger charge is 2.47. The first-order chi connectivity index (χ1) is 9.78. The Morgan fingerprint density at radius 3 is 2.20 bits per heavy atom. The van der Waals surface area contributed by atoms with Gasteiger partial charge in [-0.15, -0.1) is 0 Å². The first-order valence-electron chi connectivity index (χ1n) is 7.98. The third kappa shape index (κ3) is 2.25. The van der Waals surface area contributed by atoms with Gasteiger partial charge >= 0.3 is 6.01 Å². The minimum atomic E-state index is 0.461. The number of nitrogens with zero attached hydrogens (tertiary/aromatic N) is 2. The summed E-state index contributed by atoms with van der Waals surface area (Å²) in [6.07, 6.45) is 11.8. The molecule has 0 radical (unpaired) electrons. The van der Waals surface area contributed by atoms with E-state index >= 15 is 0 Å². The van der Waals surface area contributed by atoms with Gasteiger partial charge in [0.25, 0.3) is 0 Å². The van der Waals surface area contributed by atoms with Gasteiger partial charge in [0.2, 0.25) is 0 Å². The standard InChI is InChI=1S/C16H23N3O/c17-14-8-18-16(19-9-14)20-2-1-15-12-4-10-3-11(6-12)7-13(15)5-10/h8-13,15H,1-7,17H2. The third-order valence-corrected chi connectivity index (χ3v) is 5.75. The molecule has 4 fully saturated rings. The maximum atomic E-state index is 5.69. The zero-order chi connectivity index (χ0) is 13.5. The number of ether oxygens (including phenoxy) is 1. The quantitative estimate of drug-likeness (QED) is 0.916. The minimum absolute atomic E-state index is 0.461. The molecule has 0 aliphatic heterocycles. The van der Waals surface area contributed by atoms with Crippen molar-refractivity contribution in [2.75, 3.05) is 12.3 Å². The molecule has 0 unspecified atom stereocenters. The topological polar surface area (TPSA) is 61.0 Å². The van der Waals surface area contributed by atoms with Crippen molar-refractivity contribution in [3.05, 3.63) is 12.4 Å². The van der Waals surface area contributed by atoms with Crippen LogP contribution in [0.5, 0.6) is 6.01 Å². The number of rotatable bonds is 4. The van der Waals surface area contributed by atoms with E-state index in [2.05, 4.69) is 9.97 Å². The molecule has 2 N–H and O–H groups in total. The second kappa shape index (κ2) is 4.90. The number of hydrogen-bond donors (Lipinski definition) is 1. The van der Waals surface area contributed by atoms with E-state index in [4.69, 9.17) is 10.5 Å². The number of hydrogen-bond acceptors (Lipinski definition) is 4. The molecule has 0 amide bonds. The van der Waals surface area contributed by atoms with E-state index in [0.29, 0.717) is 11.7 Å². The van der Waals surface area contributed by atoms with Crippen molar-refractivity contribution in [1.82, 2.24) is 9.97 Å². The molecule has 0 spiro atoms. The molecule has 4 saturated carbocycles. The molecule has 108 valence electrons. The van der Waals surface area contributed by atoms with Crippen LogP contribution in [0.4, 0.5) is 5.69 Å². The molecule has 0 aromatic carbocycles. The molecule has 4 nitrogen and oxygen atoms in total. The third-order valence-electron chi connectivity index (χ3n) is 5.75. The van der Waals surface area contributed by atoms with Crippen molar-refractivity contribution >= 4 is 5.69 Å². The van der Waals surface area contributed by atoms with E-state index < -0.39 is 0 Å². The van der Waals surface area contributed by atoms with Crippen molar-refractivity contribution in [3.8, 4) is 6.01 Å². The van der Waals surface area contributed by atoms with Crippen LogP contribution in [0.25, 0.3) is 0 Å². The highest BCUT2D eigenvalue weighted by atomic mass is 16.5. The lowest BCUT2D eigenvalue weighted by molar-refractivity contribution is -0.0438. The Labute approximate surface area is 120 Å². The van der Waals surface area contributed by atoms with Crippen LogP contribution < -0.4 is 10.5 Å². The Morgan fingerprint density at radius 2 is 1.60 bits per heavy atom. The molecule has 4 aliphatic carbocycles. The van der Waals surface area contributed by atoms with Crippen LogP contribution in [0.2, 0.25) is 0 Å². The molecule has 4 aliphatic rings. The van der Waals surface area contributed by atoms with Crippen molar-refractivity contribution in [2.45, 2.75) is 38.5 Å². The summed E-state index contributed by atoms with van der Waals surface area (Å²) in [6, 6.07) is 0.461. The zero-order valence-corrected chi connectivity index (χ0v) is 11.9. The Hall–Kier alpha value is -1.32. The van der Waals surface area contributed by atoms with Crippen LogP contribution >= 0.6 is 0 Å². The van der Waals surface area contributed by atoms with Gasteiger partial charge in [-0.3, -0.25) is 0 Å². The number of aromatic nitrogens is 2. The van der Waals surface area contributed by atoms with Gasteiger partial charge < -0.3 is 10.5 Å². The minimum Gasteiger partial charge on any atom is -0.463 e. The fraction of sp³-hybridized carbons (Fsp3) is 0.750. The number of anilines is 1. The van der Waals surface area contributed by atoms with Gasteiger partial charge in [0, 0.05) is 0 Å². The van der Waals surface area contributed by atoms with Crippen molar-refractivity contribution in [2.24, 2.45) is 29.6 Å². The largest absolute Gasteiger partial charge is 0.463 e. The van der Waals surface area contributed by atoms with Gasteiger partial charge in [-0.25, -0.2) is 9.97 Å². The first-order valence-corrected chi connectivity index (χ1v) is 7.98. The normalized spacial score (nSPS) is 38.1. The molecular weight excluding hydrogens is 250 g/mol. The maximum absolute atomic E-state index is 5.69. The van der Waals surface area contributed by atoms with Gasteiger partial charge in [0.1, 0.15) is 0 Å². The zero-order valence-electron chi connectivity index (χ0n) is 11.9. The van der Waals surface area contributed by atoms with E-state index in [1.54, 1.807) is 12.4 Å². The summed E-state index contributed by atoms with van der Waals surface area (Å²) in [5.41, 5.74) is 6.15. The maximum Gasteiger partial charge on any atom is 0.316 e. The summed E-state index contributed by atoms with van der Waals surface area (Å²) in [5.74, 6) is 4.94. The SMILES string of the molecule is Nc1cnc(OCCC2C3CC4CC(C3)CC2C4)nc1. The monoisotopic (exact) mass is 273 g/mol. The second-order valence-electron chi connectivity index (χ2n) is 7.03. The Kier molecular flexibility index (Phi) is 3.04. The molecule has 5 rings (SSSR count). The van der Waals surface area contributed by atoms with E-state index in [9.17, 15) is 0 Å². The van der Waals surface area contributed by atoms with Crippen LogP contribution in [0, 0.1) is 29.6 Å². The van der Waals surface area contributed by atoms with Crippen molar-refractivity contribution < 1.29 is 4.74 Å². The number of nitrogens with two attached hydrogens (primary N) is 1. The Bertz CT molecular complexity index is 445. The van der Waals surface area contributed by atoms with Crippen LogP contribution in [-0.2, 0) is 0 Å². The lowest BCUT2D eigenvalue weighted by Gasteiger charge is -2.54. The van der Waals surface area contributed by atoms with E-state index in [0.717, 1.165) is 36.2 Å². The van der Waals surface area contributed by atoms with Crippen LogP contribution in [0.1, 0.15) is 38.5 Å². The van der Waals surface area contributed by atoms with Crippen molar-refractivity contribution in [3.63, 3.8) is 0 Å². The highest BCUT2D eigenvalue weighted by molar-refractivity contribution is 5.30. The molecule has 4 heteroatoms. The summed E-state index contributed by atoms with van der Waals surface area (Å²) in [6.45, 7) is 0.747. The van der Waals surface area contributed by atoms with E-state index in [1.165, 1.54) is 38.5 Å². The summed E-state index contributed by atoms with van der Waals surface area (Å²) >= 11 is 0. The van der Waals surface area contributed by atoms with Crippen LogP contribution in [0.15, 0.2) is 12.4 Å². The van der Waals surface area contributed by atoms with Gasteiger partial charge in [-0.05, 0) is 68.1 Å². The van der Waals surface area contributed by atoms with E-state index in [-0.39, 0.29) is 0 Å². The summed E-state index contributed by atoms with van der Waals surface area (Å²) < 4.78 is 5.69. The van der Waals surface area contributed by atoms with Gasteiger partial charge in [-0.2, -0.15) is 0 Å². The lowest BCUT2D eigenvalue weighted by atomic mass is 9.51. The number of nitrogen functional groups attached to an aromatic ring is 1. The average molecular weight is 273 g/mol. The molecule has 4 bridgehead atoms. The molecule has 0 saturated heterocycles. The summed E-state index contributed by atoms with van der Waals surface area (Å²) in [7, 11) is 0. The Balaban J connectivity index is 1.32. The predicted octanol–water partition coefficient (Wildman–Crippen LogP) is 2.90. The van der Waals surface area contributed by atoms with E-state index in [1.807, 2.05) is 0 Å². The van der Waals surface area contributed by atoms with Gasteiger partial charge in [-0.1, -0.05) is 0 Å². The molecule has 1 aromatic heterocycles. The molecule has 0 atom stereocenters.